The SMILES string of the molecule is Cc1cc(CBr)cc(C(C)COC2CCCCO2)c1. The van der Waals surface area contributed by atoms with Gasteiger partial charge in [0.15, 0.2) is 6.29 Å². The molecule has 1 aromatic rings. The van der Waals surface area contributed by atoms with Crippen molar-refractivity contribution in [3.05, 3.63) is 34.9 Å². The van der Waals surface area contributed by atoms with Crippen molar-refractivity contribution in [1.82, 2.24) is 0 Å². The van der Waals surface area contributed by atoms with Crippen LogP contribution in [0.4, 0.5) is 0 Å². The average Bonchev–Trinajstić information content (AvgIpc) is 2.45. The van der Waals surface area contributed by atoms with Crippen molar-refractivity contribution in [3.8, 4) is 0 Å². The molecule has 0 radical (unpaired) electrons. The summed E-state index contributed by atoms with van der Waals surface area (Å²) in [5, 5.41) is 0.904. The van der Waals surface area contributed by atoms with Gasteiger partial charge in [0.05, 0.1) is 6.61 Å². The van der Waals surface area contributed by atoms with E-state index in [0.717, 1.165) is 25.0 Å². The monoisotopic (exact) mass is 326 g/mol. The zero-order valence-corrected chi connectivity index (χ0v) is 13.4. The molecule has 2 atom stereocenters. The standard InChI is InChI=1S/C16H23BrO2/c1-12-7-14(10-17)9-15(8-12)13(2)11-19-16-5-3-4-6-18-16/h7-9,13,16H,3-6,10-11H2,1-2H3. The highest BCUT2D eigenvalue weighted by Gasteiger charge is 2.16. The van der Waals surface area contributed by atoms with Crippen LogP contribution in [0.25, 0.3) is 0 Å². The fourth-order valence-electron chi connectivity index (χ4n) is 2.45. The van der Waals surface area contributed by atoms with Crippen molar-refractivity contribution >= 4 is 15.9 Å². The number of ether oxygens (including phenoxy) is 2. The third-order valence-corrected chi connectivity index (χ3v) is 4.20. The van der Waals surface area contributed by atoms with Gasteiger partial charge in [0.1, 0.15) is 0 Å². The van der Waals surface area contributed by atoms with E-state index in [2.05, 4.69) is 48.0 Å². The van der Waals surface area contributed by atoms with E-state index in [0.29, 0.717) is 5.92 Å². The molecule has 1 saturated heterocycles. The Hall–Kier alpha value is -0.380. The first-order valence-electron chi connectivity index (χ1n) is 7.08. The van der Waals surface area contributed by atoms with Crippen LogP contribution < -0.4 is 0 Å². The minimum Gasteiger partial charge on any atom is -0.353 e. The van der Waals surface area contributed by atoms with E-state index < -0.39 is 0 Å². The summed E-state index contributed by atoms with van der Waals surface area (Å²) in [5.74, 6) is 0.406. The van der Waals surface area contributed by atoms with E-state index in [1.54, 1.807) is 0 Å². The third-order valence-electron chi connectivity index (χ3n) is 3.55. The Kier molecular flexibility index (Phi) is 5.86. The molecule has 0 bridgehead atoms. The fraction of sp³-hybridized carbons (Fsp3) is 0.625. The van der Waals surface area contributed by atoms with Crippen molar-refractivity contribution < 1.29 is 9.47 Å². The highest BCUT2D eigenvalue weighted by molar-refractivity contribution is 9.08. The van der Waals surface area contributed by atoms with E-state index in [-0.39, 0.29) is 6.29 Å². The van der Waals surface area contributed by atoms with Crippen LogP contribution in [-0.4, -0.2) is 19.5 Å². The second-order valence-corrected chi connectivity index (χ2v) is 5.98. The Morgan fingerprint density at radius 2 is 2.21 bits per heavy atom. The molecule has 2 nitrogen and oxygen atoms in total. The van der Waals surface area contributed by atoms with Crippen LogP contribution in [0.1, 0.15) is 48.8 Å². The topological polar surface area (TPSA) is 18.5 Å². The molecule has 0 aliphatic carbocycles. The normalized spacial score (nSPS) is 21.3. The zero-order chi connectivity index (χ0) is 13.7. The number of aryl methyl sites for hydroxylation is 1. The molecule has 2 unspecified atom stereocenters. The maximum atomic E-state index is 5.88. The van der Waals surface area contributed by atoms with Crippen molar-refractivity contribution in [3.63, 3.8) is 0 Å². The summed E-state index contributed by atoms with van der Waals surface area (Å²) >= 11 is 3.53. The van der Waals surface area contributed by atoms with Gasteiger partial charge in [-0.25, -0.2) is 0 Å². The molecule has 3 heteroatoms. The largest absolute Gasteiger partial charge is 0.353 e. The van der Waals surface area contributed by atoms with Gasteiger partial charge >= 0.3 is 0 Å². The average molecular weight is 327 g/mol. The predicted molar refractivity (Wildman–Crippen MR) is 81.8 cm³/mol. The lowest BCUT2D eigenvalue weighted by Gasteiger charge is -2.24. The molecule has 106 valence electrons. The Morgan fingerprint density at radius 3 is 2.89 bits per heavy atom. The molecule has 1 aliphatic rings. The van der Waals surface area contributed by atoms with Gasteiger partial charge in [0.25, 0.3) is 0 Å². The molecular weight excluding hydrogens is 304 g/mol. The first kappa shape index (κ1) is 15.0. The van der Waals surface area contributed by atoms with Crippen molar-refractivity contribution in [2.24, 2.45) is 0 Å². The lowest BCUT2D eigenvalue weighted by atomic mass is 9.98. The van der Waals surface area contributed by atoms with Gasteiger partial charge in [0.2, 0.25) is 0 Å². The number of rotatable bonds is 5. The smallest absolute Gasteiger partial charge is 0.157 e. The maximum Gasteiger partial charge on any atom is 0.157 e. The molecule has 1 fully saturated rings. The second kappa shape index (κ2) is 7.41. The molecular formula is C16H23BrO2. The molecule has 0 amide bonds. The summed E-state index contributed by atoms with van der Waals surface area (Å²) < 4.78 is 11.5. The molecule has 0 N–H and O–H groups in total. The summed E-state index contributed by atoms with van der Waals surface area (Å²) in [5.41, 5.74) is 3.99. The summed E-state index contributed by atoms with van der Waals surface area (Å²) in [6.45, 7) is 5.94. The summed E-state index contributed by atoms with van der Waals surface area (Å²) in [7, 11) is 0. The van der Waals surface area contributed by atoms with Crippen LogP contribution in [-0.2, 0) is 14.8 Å². The molecule has 0 saturated carbocycles. The number of alkyl halides is 1. The molecule has 0 aromatic heterocycles. The van der Waals surface area contributed by atoms with Gasteiger partial charge in [-0.3, -0.25) is 0 Å². The molecule has 19 heavy (non-hydrogen) atoms. The van der Waals surface area contributed by atoms with E-state index in [1.165, 1.54) is 29.5 Å². The van der Waals surface area contributed by atoms with Crippen molar-refractivity contribution in [1.29, 1.82) is 0 Å². The van der Waals surface area contributed by atoms with Gasteiger partial charge in [-0.1, -0.05) is 46.6 Å². The highest BCUT2D eigenvalue weighted by atomic mass is 79.9. The lowest BCUT2D eigenvalue weighted by Crippen LogP contribution is -2.24. The van der Waals surface area contributed by atoms with E-state index in [1.807, 2.05) is 0 Å². The molecule has 0 spiro atoms. The third kappa shape index (κ3) is 4.59. The molecule has 1 aromatic carbocycles. The predicted octanol–water partition coefficient (Wildman–Crippen LogP) is 4.54. The Bertz CT molecular complexity index is 400. The van der Waals surface area contributed by atoms with Crippen molar-refractivity contribution in [2.75, 3.05) is 13.2 Å². The maximum absolute atomic E-state index is 5.88. The number of hydrogen-bond donors (Lipinski definition) is 0. The fourth-order valence-corrected chi connectivity index (χ4v) is 2.77. The van der Waals surface area contributed by atoms with Crippen LogP contribution in [0.5, 0.6) is 0 Å². The van der Waals surface area contributed by atoms with Crippen LogP contribution in [0, 0.1) is 6.92 Å². The van der Waals surface area contributed by atoms with Gasteiger partial charge in [0, 0.05) is 17.9 Å². The van der Waals surface area contributed by atoms with Crippen molar-refractivity contribution in [2.45, 2.75) is 50.6 Å². The minimum absolute atomic E-state index is 0.0108. The van der Waals surface area contributed by atoms with Crippen LogP contribution in [0.15, 0.2) is 18.2 Å². The zero-order valence-electron chi connectivity index (χ0n) is 11.8. The van der Waals surface area contributed by atoms with E-state index in [9.17, 15) is 0 Å². The first-order valence-corrected chi connectivity index (χ1v) is 8.21. The quantitative estimate of drug-likeness (QED) is 0.740. The molecule has 1 heterocycles. The Morgan fingerprint density at radius 1 is 1.37 bits per heavy atom. The van der Waals surface area contributed by atoms with Gasteiger partial charge in [-0.15, -0.1) is 0 Å². The van der Waals surface area contributed by atoms with E-state index in [4.69, 9.17) is 9.47 Å². The lowest BCUT2D eigenvalue weighted by molar-refractivity contribution is -0.164. The van der Waals surface area contributed by atoms with Crippen LogP contribution >= 0.6 is 15.9 Å². The summed E-state index contributed by atoms with van der Waals surface area (Å²) in [6.07, 6.45) is 3.43. The number of benzene rings is 1. The number of hydrogen-bond acceptors (Lipinski definition) is 2. The number of halogens is 1. The van der Waals surface area contributed by atoms with Crippen LogP contribution in [0.2, 0.25) is 0 Å². The Balaban J connectivity index is 1.91. The van der Waals surface area contributed by atoms with E-state index >= 15 is 0 Å². The van der Waals surface area contributed by atoms with Crippen LogP contribution in [0.3, 0.4) is 0 Å². The van der Waals surface area contributed by atoms with Gasteiger partial charge < -0.3 is 9.47 Å². The Labute approximate surface area is 124 Å². The highest BCUT2D eigenvalue weighted by Crippen LogP contribution is 2.22. The first-order chi connectivity index (χ1) is 9.19. The van der Waals surface area contributed by atoms with Gasteiger partial charge in [-0.05, 0) is 37.3 Å². The molecule has 1 aliphatic heterocycles. The minimum atomic E-state index is 0.0108. The molecule has 2 rings (SSSR count). The summed E-state index contributed by atoms with van der Waals surface area (Å²) in [6, 6.07) is 6.73. The second-order valence-electron chi connectivity index (χ2n) is 5.42. The van der Waals surface area contributed by atoms with Gasteiger partial charge in [-0.2, -0.15) is 0 Å². The summed E-state index contributed by atoms with van der Waals surface area (Å²) in [4.78, 5) is 0.